The second-order valence-corrected chi connectivity index (χ2v) is 6.54. The van der Waals surface area contributed by atoms with Crippen molar-refractivity contribution in [2.45, 2.75) is 46.0 Å². The van der Waals surface area contributed by atoms with E-state index in [1.807, 2.05) is 12.4 Å². The Bertz CT molecular complexity index is 772. The van der Waals surface area contributed by atoms with Crippen molar-refractivity contribution >= 4 is 0 Å². The Morgan fingerprint density at radius 2 is 1.16 bits per heavy atom. The van der Waals surface area contributed by atoms with E-state index >= 15 is 0 Å². The average Bonchev–Trinajstić information content (AvgIpc) is 2.68. The Morgan fingerprint density at radius 3 is 1.72 bits per heavy atom. The first-order chi connectivity index (χ1) is 12.3. The molecule has 2 nitrogen and oxygen atoms in total. The first-order valence-electron chi connectivity index (χ1n) is 9.31. The van der Waals surface area contributed by atoms with E-state index in [4.69, 9.17) is 0 Å². The van der Waals surface area contributed by atoms with E-state index in [0.29, 0.717) is 0 Å². The summed E-state index contributed by atoms with van der Waals surface area (Å²) < 4.78 is 0. The average molecular weight is 330 g/mol. The Hall–Kier alpha value is -2.48. The topological polar surface area (TPSA) is 25.8 Å². The molecule has 0 aliphatic heterocycles. The lowest BCUT2D eigenvalue weighted by molar-refractivity contribution is 0.795. The van der Waals surface area contributed by atoms with E-state index in [9.17, 15) is 0 Å². The summed E-state index contributed by atoms with van der Waals surface area (Å²) in [4.78, 5) is 9.00. The van der Waals surface area contributed by atoms with Crippen LogP contribution in [0.1, 0.15) is 44.2 Å². The van der Waals surface area contributed by atoms with Crippen LogP contribution < -0.4 is 0 Å². The zero-order valence-corrected chi connectivity index (χ0v) is 15.2. The zero-order chi connectivity index (χ0) is 17.5. The molecule has 0 bridgehead atoms. The summed E-state index contributed by atoms with van der Waals surface area (Å²) in [6.45, 7) is 4.40. The normalized spacial score (nSPS) is 10.8. The molecule has 3 aromatic rings. The van der Waals surface area contributed by atoms with E-state index in [-0.39, 0.29) is 0 Å². The summed E-state index contributed by atoms with van der Waals surface area (Å²) in [6.07, 6.45) is 9.70. The Kier molecular flexibility index (Phi) is 5.95. The molecule has 1 heterocycles. The van der Waals surface area contributed by atoms with Crippen molar-refractivity contribution in [2.24, 2.45) is 0 Å². The van der Waals surface area contributed by atoms with Crippen LogP contribution in [-0.2, 0) is 12.8 Å². The van der Waals surface area contributed by atoms with Crippen molar-refractivity contribution in [1.82, 2.24) is 9.97 Å². The maximum absolute atomic E-state index is 4.50. The van der Waals surface area contributed by atoms with Crippen LogP contribution in [0.25, 0.3) is 22.5 Å². The summed E-state index contributed by atoms with van der Waals surface area (Å²) in [7, 11) is 0. The largest absolute Gasteiger partial charge is 0.236 e. The van der Waals surface area contributed by atoms with Gasteiger partial charge in [-0.3, -0.25) is 0 Å². The molecule has 0 saturated carbocycles. The van der Waals surface area contributed by atoms with E-state index < -0.39 is 0 Å². The fraction of sp³-hybridized carbons (Fsp3) is 0.304. The minimum atomic E-state index is 0.793. The molecule has 0 fully saturated rings. The molecule has 128 valence electrons. The number of hydrogen-bond acceptors (Lipinski definition) is 2. The van der Waals surface area contributed by atoms with E-state index in [1.165, 1.54) is 41.5 Å². The van der Waals surface area contributed by atoms with Gasteiger partial charge in [0, 0.05) is 18.0 Å². The van der Waals surface area contributed by atoms with Gasteiger partial charge in [-0.2, -0.15) is 0 Å². The quantitative estimate of drug-likeness (QED) is 0.522. The van der Waals surface area contributed by atoms with Crippen molar-refractivity contribution in [3.05, 3.63) is 72.1 Å². The van der Waals surface area contributed by atoms with E-state index in [1.54, 1.807) is 0 Å². The highest BCUT2D eigenvalue weighted by molar-refractivity contribution is 5.67. The lowest BCUT2D eigenvalue weighted by atomic mass is 10.0. The number of aryl methyl sites for hydroxylation is 2. The summed E-state index contributed by atoms with van der Waals surface area (Å²) in [5, 5.41) is 0. The number of nitrogens with zero attached hydrogens (tertiary/aromatic N) is 2. The van der Waals surface area contributed by atoms with Crippen LogP contribution in [0.3, 0.4) is 0 Å². The van der Waals surface area contributed by atoms with Crippen molar-refractivity contribution in [2.75, 3.05) is 0 Å². The lowest BCUT2D eigenvalue weighted by Gasteiger charge is -2.06. The van der Waals surface area contributed by atoms with Gasteiger partial charge in [0.2, 0.25) is 0 Å². The number of rotatable bonds is 7. The zero-order valence-electron chi connectivity index (χ0n) is 15.2. The molecule has 0 spiro atoms. The fourth-order valence-corrected chi connectivity index (χ4v) is 2.98. The number of aromatic nitrogens is 2. The standard InChI is InChI=1S/C23H26N2/c1-3-5-7-18-8-10-20(11-9-18)21-12-14-22(15-13-21)23-24-16-19(6-4-2)17-25-23/h8-17H,3-7H2,1-2H3. The molecule has 25 heavy (non-hydrogen) atoms. The molecule has 0 N–H and O–H groups in total. The minimum absolute atomic E-state index is 0.793. The molecule has 0 atom stereocenters. The molecule has 2 heteroatoms. The van der Waals surface area contributed by atoms with Gasteiger partial charge in [0.15, 0.2) is 5.82 Å². The van der Waals surface area contributed by atoms with Crippen LogP contribution in [0.4, 0.5) is 0 Å². The Balaban J connectivity index is 1.73. The molecular weight excluding hydrogens is 304 g/mol. The second-order valence-electron chi connectivity index (χ2n) is 6.54. The highest BCUT2D eigenvalue weighted by Crippen LogP contribution is 2.24. The number of benzene rings is 2. The van der Waals surface area contributed by atoms with E-state index in [2.05, 4.69) is 72.3 Å². The van der Waals surface area contributed by atoms with Crippen molar-refractivity contribution < 1.29 is 0 Å². The predicted molar refractivity (Wildman–Crippen MR) is 106 cm³/mol. The Morgan fingerprint density at radius 1 is 0.600 bits per heavy atom. The third-order valence-corrected chi connectivity index (χ3v) is 4.49. The molecule has 0 unspecified atom stereocenters. The summed E-state index contributed by atoms with van der Waals surface area (Å²) in [5.41, 5.74) is 6.17. The van der Waals surface area contributed by atoms with E-state index in [0.717, 1.165) is 24.2 Å². The van der Waals surface area contributed by atoms with Gasteiger partial charge in [-0.05, 0) is 41.5 Å². The summed E-state index contributed by atoms with van der Waals surface area (Å²) in [5.74, 6) is 0.793. The maximum Gasteiger partial charge on any atom is 0.159 e. The predicted octanol–water partition coefficient (Wildman–Crippen LogP) is 6.11. The van der Waals surface area contributed by atoms with Crippen LogP contribution in [0, 0.1) is 0 Å². The fourth-order valence-electron chi connectivity index (χ4n) is 2.98. The smallest absolute Gasteiger partial charge is 0.159 e. The van der Waals surface area contributed by atoms with Crippen LogP contribution in [0.15, 0.2) is 60.9 Å². The van der Waals surface area contributed by atoms with Gasteiger partial charge in [-0.1, -0.05) is 75.2 Å². The second kappa shape index (κ2) is 8.57. The van der Waals surface area contributed by atoms with Gasteiger partial charge in [0.25, 0.3) is 0 Å². The molecule has 2 aromatic carbocycles. The molecule has 0 radical (unpaired) electrons. The molecule has 0 amide bonds. The van der Waals surface area contributed by atoms with Gasteiger partial charge < -0.3 is 0 Å². The monoisotopic (exact) mass is 330 g/mol. The third-order valence-electron chi connectivity index (χ3n) is 4.49. The van der Waals surface area contributed by atoms with Gasteiger partial charge in [-0.25, -0.2) is 9.97 Å². The van der Waals surface area contributed by atoms with Crippen molar-refractivity contribution in [1.29, 1.82) is 0 Å². The molecule has 0 aliphatic carbocycles. The first-order valence-corrected chi connectivity index (χ1v) is 9.31. The highest BCUT2D eigenvalue weighted by atomic mass is 14.9. The molecule has 0 aliphatic rings. The SMILES string of the molecule is CCCCc1ccc(-c2ccc(-c3ncc(CCC)cn3)cc2)cc1. The minimum Gasteiger partial charge on any atom is -0.236 e. The van der Waals surface area contributed by atoms with Gasteiger partial charge in [-0.15, -0.1) is 0 Å². The van der Waals surface area contributed by atoms with Crippen LogP contribution >= 0.6 is 0 Å². The maximum atomic E-state index is 4.50. The van der Waals surface area contributed by atoms with Crippen molar-refractivity contribution in [3.8, 4) is 22.5 Å². The summed E-state index contributed by atoms with van der Waals surface area (Å²) in [6, 6.07) is 17.4. The van der Waals surface area contributed by atoms with Crippen LogP contribution in [-0.4, -0.2) is 9.97 Å². The van der Waals surface area contributed by atoms with Crippen LogP contribution in [0.5, 0.6) is 0 Å². The molecule has 1 aromatic heterocycles. The van der Waals surface area contributed by atoms with Gasteiger partial charge in [0.1, 0.15) is 0 Å². The number of unbranched alkanes of at least 4 members (excludes halogenated alkanes) is 1. The van der Waals surface area contributed by atoms with Crippen molar-refractivity contribution in [3.63, 3.8) is 0 Å². The molecule has 0 saturated heterocycles. The Labute approximate surface area is 151 Å². The number of hydrogen-bond donors (Lipinski definition) is 0. The lowest BCUT2D eigenvalue weighted by Crippen LogP contribution is -1.92. The van der Waals surface area contributed by atoms with Gasteiger partial charge >= 0.3 is 0 Å². The third kappa shape index (κ3) is 4.54. The summed E-state index contributed by atoms with van der Waals surface area (Å²) >= 11 is 0. The molecular formula is C23H26N2. The van der Waals surface area contributed by atoms with Gasteiger partial charge in [0.05, 0.1) is 0 Å². The molecule has 3 rings (SSSR count). The highest BCUT2D eigenvalue weighted by Gasteiger charge is 2.03. The first kappa shape index (κ1) is 17.3. The van der Waals surface area contributed by atoms with Crippen LogP contribution in [0.2, 0.25) is 0 Å².